The molecule has 0 unspecified atom stereocenters. The average molecular weight is 548 g/mol. The second kappa shape index (κ2) is 7.41. The van der Waals surface area contributed by atoms with Crippen molar-refractivity contribution >= 4 is 0 Å². The minimum atomic E-state index is -9.52. The Morgan fingerprint density at radius 1 is 0.333 bits per heavy atom. The van der Waals surface area contributed by atoms with Gasteiger partial charge >= 0.3 is 294 Å². The summed E-state index contributed by atoms with van der Waals surface area (Å²) in [6.07, 6.45) is 0. The molecule has 0 radical (unpaired) electrons. The Morgan fingerprint density at radius 3 is 0.429 bits per heavy atom. The van der Waals surface area contributed by atoms with E-state index < -0.39 is 11.1 Å². The normalized spacial score (nSPS) is 14.1. The van der Waals surface area contributed by atoms with Crippen molar-refractivity contribution in [3.63, 3.8) is 0 Å². The van der Waals surface area contributed by atoms with Crippen molar-refractivity contribution in [1.82, 2.24) is 0 Å². The van der Waals surface area contributed by atoms with E-state index >= 15 is 0 Å². The Labute approximate surface area is 285 Å². The molecule has 0 N–H and O–H groups in total. The fourth-order valence-corrected chi connectivity index (χ4v) is 4.68. The van der Waals surface area contributed by atoms with Gasteiger partial charge in [-0.05, 0) is 0 Å². The molecule has 0 amide bonds. The Balaban J connectivity index is -0.000000213. The van der Waals surface area contributed by atoms with Gasteiger partial charge in [-0.25, -0.2) is 0 Å². The minimum Gasteiger partial charge on any atom is 1.00 e. The van der Waals surface area contributed by atoms with Crippen LogP contribution in [0.2, 0.25) is 0 Å². The summed E-state index contributed by atoms with van der Waals surface area (Å²) in [7, 11) is 0. The van der Waals surface area contributed by atoms with Crippen molar-refractivity contribution in [3.05, 3.63) is 0 Å². The van der Waals surface area contributed by atoms with Crippen LogP contribution in [-0.4, -0.2) is 0 Å². The maximum Gasteiger partial charge on any atom is 1.00 e. The number of nitrogens with zero attached hydrogens (tertiary/aromatic N) is 8. The third-order valence-electron chi connectivity index (χ3n) is 2.56. The number of rotatable bonds is 0. The van der Waals surface area contributed by atoms with Crippen LogP contribution in [0.4, 0.5) is 0 Å². The molecule has 0 atom stereocenters. The second-order valence-corrected chi connectivity index (χ2v) is 29.4. The molecular weight excluding hydrogens is 548 g/mol. The standard InChI is InChI=1S/8CN.4K.W/c8*1-2;;;;;/q;;;;;;;;4*+1;-4. The number of nitriles is 8. The topological polar surface area (TPSA) is 190 Å². The van der Waals surface area contributed by atoms with Gasteiger partial charge in [-0.2, -0.15) is 0 Å². The van der Waals surface area contributed by atoms with Gasteiger partial charge in [0.1, 0.15) is 0 Å². The van der Waals surface area contributed by atoms with E-state index in [1.165, 1.54) is 0 Å². The Kier molecular flexibility index (Phi) is 12.5. The van der Waals surface area contributed by atoms with E-state index in [2.05, 4.69) is 0 Å². The molecule has 0 fully saturated rings. The van der Waals surface area contributed by atoms with Crippen LogP contribution in [0, 0.1) is 77.8 Å². The monoisotopic (exact) mass is 548 g/mol. The van der Waals surface area contributed by atoms with Gasteiger partial charge in [0.05, 0.1) is 0 Å². The fraction of sp³-hybridized carbons (Fsp3) is 0. The zero-order chi connectivity index (χ0) is 14.0. The predicted octanol–water partition coefficient (Wildman–Crippen LogP) is -11.9. The molecule has 0 aromatic rings. The summed E-state index contributed by atoms with van der Waals surface area (Å²) in [5.41, 5.74) is 0. The van der Waals surface area contributed by atoms with Crippen LogP contribution in [-0.2, 0) is 11.1 Å². The van der Waals surface area contributed by atoms with Gasteiger partial charge < -0.3 is 0 Å². The zero-order valence-corrected chi connectivity index (χ0v) is 27.4. The molecule has 21 heavy (non-hydrogen) atoms. The van der Waals surface area contributed by atoms with Crippen molar-refractivity contribution in [3.8, 4) is 35.7 Å². The largest absolute Gasteiger partial charge is 1.00 e. The van der Waals surface area contributed by atoms with E-state index in [-0.39, 0.29) is 206 Å². The first-order valence-corrected chi connectivity index (χ1v) is 15.2. The summed E-state index contributed by atoms with van der Waals surface area (Å²) < 4.78 is 5.33. The molecule has 0 aromatic carbocycles. The third-order valence-corrected chi connectivity index (χ3v) is 20.9. The van der Waals surface area contributed by atoms with Crippen molar-refractivity contribution in [2.75, 3.05) is 0 Å². The number of hydrogen-bond acceptors (Lipinski definition) is 8. The van der Waals surface area contributed by atoms with E-state index in [0.29, 0.717) is 35.7 Å². The van der Waals surface area contributed by atoms with Crippen LogP contribution in [0.5, 0.6) is 0 Å². The van der Waals surface area contributed by atoms with E-state index in [1.54, 1.807) is 0 Å². The van der Waals surface area contributed by atoms with Crippen LogP contribution in [0.1, 0.15) is 0 Å². The van der Waals surface area contributed by atoms with Crippen LogP contribution < -0.4 is 206 Å². The summed E-state index contributed by atoms with van der Waals surface area (Å²) in [5, 5.41) is 72.4. The van der Waals surface area contributed by atoms with Gasteiger partial charge in [0.25, 0.3) is 0 Å². The van der Waals surface area contributed by atoms with Crippen LogP contribution >= 0.6 is 0 Å². The van der Waals surface area contributed by atoms with E-state index in [1.807, 2.05) is 0 Å². The molecular formula is C8K4N8W. The first-order valence-electron chi connectivity index (χ1n) is 3.42. The van der Waals surface area contributed by atoms with Crippen molar-refractivity contribution in [2.24, 2.45) is 0 Å². The fourth-order valence-electron chi connectivity index (χ4n) is 0.572. The van der Waals surface area contributed by atoms with E-state index in [4.69, 9.17) is 42.1 Å². The van der Waals surface area contributed by atoms with Gasteiger partial charge in [0.2, 0.25) is 0 Å². The van der Waals surface area contributed by atoms with Gasteiger partial charge in [-0.1, -0.05) is 0 Å². The van der Waals surface area contributed by atoms with E-state index in [9.17, 15) is 0 Å². The van der Waals surface area contributed by atoms with Crippen LogP contribution in [0.15, 0.2) is 0 Å². The molecule has 0 saturated heterocycles. The molecule has 0 heterocycles. The Hall–Kier alpha value is 3.15. The van der Waals surface area contributed by atoms with E-state index in [0.717, 1.165) is 0 Å². The Bertz CT molecular complexity index is 631. The van der Waals surface area contributed by atoms with Crippen molar-refractivity contribution in [2.45, 2.75) is 0 Å². The average Bonchev–Trinajstić information content (AvgIpc) is 2.48. The SMILES string of the molecule is N#[C][W-4]([C]#N)([C]#N)([C]#N)([C]#N)([C]#N)([C]#N)[C]#N.[K+].[K+].[K+].[K+]. The summed E-state index contributed by atoms with van der Waals surface area (Å²) in [6, 6.07) is 0. The first kappa shape index (κ1) is 35.3. The predicted molar refractivity (Wildman–Crippen MR) is 44.9 cm³/mol. The Morgan fingerprint density at radius 2 is 0.429 bits per heavy atom. The summed E-state index contributed by atoms with van der Waals surface area (Å²) in [5.74, 6) is 0. The summed E-state index contributed by atoms with van der Waals surface area (Å²) in [6.45, 7) is 0. The smallest absolute Gasteiger partial charge is 1.00 e. The minimum absolute atomic E-state index is 0. The molecule has 0 spiro atoms. The van der Waals surface area contributed by atoms with Gasteiger partial charge in [-0.3, -0.25) is 0 Å². The molecule has 0 bridgehead atoms. The molecule has 0 aromatic heterocycles. The molecule has 0 aliphatic heterocycles. The van der Waals surface area contributed by atoms with Gasteiger partial charge in [0.15, 0.2) is 0 Å². The maximum absolute atomic E-state index is 9.52. The quantitative estimate of drug-likeness (QED) is 0.267. The van der Waals surface area contributed by atoms with Gasteiger partial charge in [-0.15, -0.1) is 0 Å². The molecule has 82 valence electrons. The van der Waals surface area contributed by atoms with Crippen LogP contribution in [0.3, 0.4) is 0 Å². The molecule has 0 aliphatic rings. The molecule has 0 rings (SSSR count). The summed E-state index contributed by atoms with van der Waals surface area (Å²) in [4.78, 5) is 0. The molecule has 0 saturated carbocycles. The molecule has 8 nitrogen and oxygen atoms in total. The van der Waals surface area contributed by atoms with Crippen molar-refractivity contribution in [1.29, 1.82) is 42.1 Å². The van der Waals surface area contributed by atoms with Gasteiger partial charge in [0, 0.05) is 0 Å². The second-order valence-electron chi connectivity index (χ2n) is 3.59. The zero-order valence-electron chi connectivity index (χ0n) is 12.0. The molecule has 0 aliphatic carbocycles. The molecule has 13 heteroatoms. The van der Waals surface area contributed by atoms with Crippen molar-refractivity contribution < 1.29 is 217 Å². The first-order chi connectivity index (χ1) is 7.66. The number of hydrogen-bond donors (Lipinski definition) is 0. The summed E-state index contributed by atoms with van der Waals surface area (Å²) >= 11 is -9.52. The third kappa shape index (κ3) is 2.96. The van der Waals surface area contributed by atoms with Crippen LogP contribution in [0.25, 0.3) is 0 Å². The maximum atomic E-state index is 9.05.